The predicted octanol–water partition coefficient (Wildman–Crippen LogP) is 1.87. The minimum atomic E-state index is -4.24. The summed E-state index contributed by atoms with van der Waals surface area (Å²) >= 11 is 0. The van der Waals surface area contributed by atoms with E-state index in [1.54, 1.807) is 30.3 Å². The van der Waals surface area contributed by atoms with Crippen molar-refractivity contribution in [3.63, 3.8) is 0 Å². The fourth-order valence-corrected chi connectivity index (χ4v) is 1.14. The van der Waals surface area contributed by atoms with Gasteiger partial charge in [-0.15, -0.1) is 0 Å². The maximum atomic E-state index is 11.8. The van der Waals surface area contributed by atoms with Gasteiger partial charge < -0.3 is 10.4 Å². The van der Waals surface area contributed by atoms with E-state index in [-0.39, 0.29) is 6.54 Å². The smallest absolute Gasteiger partial charge is 0.387 e. The van der Waals surface area contributed by atoms with Gasteiger partial charge in [0.2, 0.25) is 0 Å². The first-order valence-electron chi connectivity index (χ1n) is 4.49. The molecule has 2 nitrogen and oxygen atoms in total. The minimum absolute atomic E-state index is 0.108. The summed E-state index contributed by atoms with van der Waals surface area (Å²) in [6.07, 6.45) is -5.15. The standard InChI is InChI=1S/C10H12F3NO/c11-10(12,13)7-14-6-9(15)8-4-2-1-3-5-8/h1-5,9,14-15H,6-7H2/t9-/m0/s1. The third-order valence-electron chi connectivity index (χ3n) is 1.85. The highest BCUT2D eigenvalue weighted by molar-refractivity contribution is 5.17. The van der Waals surface area contributed by atoms with Crippen LogP contribution in [0.25, 0.3) is 0 Å². The average molecular weight is 219 g/mol. The molecule has 0 fully saturated rings. The SMILES string of the molecule is O[C@@H](CNCC(F)(F)F)c1ccccc1. The van der Waals surface area contributed by atoms with Crippen molar-refractivity contribution in [2.75, 3.05) is 13.1 Å². The quantitative estimate of drug-likeness (QED) is 0.810. The zero-order valence-corrected chi connectivity index (χ0v) is 7.96. The predicted molar refractivity (Wildman–Crippen MR) is 50.3 cm³/mol. The Bertz CT molecular complexity index is 286. The van der Waals surface area contributed by atoms with Gasteiger partial charge in [0.05, 0.1) is 12.6 Å². The lowest BCUT2D eigenvalue weighted by atomic mass is 10.1. The fourth-order valence-electron chi connectivity index (χ4n) is 1.14. The van der Waals surface area contributed by atoms with Gasteiger partial charge in [-0.2, -0.15) is 13.2 Å². The molecule has 0 saturated heterocycles. The van der Waals surface area contributed by atoms with Crippen molar-refractivity contribution >= 4 is 0 Å². The van der Waals surface area contributed by atoms with E-state index in [0.717, 1.165) is 0 Å². The van der Waals surface area contributed by atoms with Crippen molar-refractivity contribution in [1.82, 2.24) is 5.32 Å². The molecule has 0 aromatic heterocycles. The average Bonchev–Trinajstić information content (AvgIpc) is 2.17. The molecule has 1 rings (SSSR count). The van der Waals surface area contributed by atoms with E-state index in [2.05, 4.69) is 5.32 Å². The van der Waals surface area contributed by atoms with E-state index in [4.69, 9.17) is 0 Å². The molecular formula is C10H12F3NO. The molecule has 5 heteroatoms. The zero-order valence-electron chi connectivity index (χ0n) is 7.96. The third kappa shape index (κ3) is 4.80. The lowest BCUT2D eigenvalue weighted by Gasteiger charge is -2.13. The van der Waals surface area contributed by atoms with Crippen LogP contribution in [0, 0.1) is 0 Å². The number of aliphatic hydroxyl groups is 1. The molecule has 0 aliphatic heterocycles. The van der Waals surface area contributed by atoms with Crippen molar-refractivity contribution in [2.45, 2.75) is 12.3 Å². The summed E-state index contributed by atoms with van der Waals surface area (Å²) in [5.41, 5.74) is 0.604. The van der Waals surface area contributed by atoms with Crippen LogP contribution < -0.4 is 5.32 Å². The lowest BCUT2D eigenvalue weighted by Crippen LogP contribution is -2.31. The summed E-state index contributed by atoms with van der Waals surface area (Å²) in [4.78, 5) is 0. The number of hydrogen-bond acceptors (Lipinski definition) is 2. The second kappa shape index (κ2) is 5.14. The number of hydrogen-bond donors (Lipinski definition) is 2. The van der Waals surface area contributed by atoms with Gasteiger partial charge in [-0.3, -0.25) is 0 Å². The highest BCUT2D eigenvalue weighted by atomic mass is 19.4. The van der Waals surface area contributed by atoms with Crippen LogP contribution in [0.5, 0.6) is 0 Å². The number of benzene rings is 1. The molecule has 1 aromatic rings. The monoisotopic (exact) mass is 219 g/mol. The summed E-state index contributed by atoms with van der Waals surface area (Å²) < 4.78 is 35.3. The van der Waals surface area contributed by atoms with E-state index in [1.165, 1.54) is 0 Å². The lowest BCUT2D eigenvalue weighted by molar-refractivity contribution is -0.125. The second-order valence-corrected chi connectivity index (χ2v) is 3.17. The van der Waals surface area contributed by atoms with Gasteiger partial charge in [0.25, 0.3) is 0 Å². The van der Waals surface area contributed by atoms with E-state index < -0.39 is 18.8 Å². The minimum Gasteiger partial charge on any atom is -0.387 e. The third-order valence-corrected chi connectivity index (χ3v) is 1.85. The molecule has 0 amide bonds. The van der Waals surface area contributed by atoms with Crippen LogP contribution in [0.15, 0.2) is 30.3 Å². The Balaban J connectivity index is 2.34. The topological polar surface area (TPSA) is 32.3 Å². The van der Waals surface area contributed by atoms with Crippen LogP contribution in [-0.2, 0) is 0 Å². The van der Waals surface area contributed by atoms with Crippen LogP contribution in [0.3, 0.4) is 0 Å². The largest absolute Gasteiger partial charge is 0.401 e. The molecule has 0 aliphatic rings. The molecule has 0 aliphatic carbocycles. The molecule has 0 spiro atoms. The van der Waals surface area contributed by atoms with Crippen molar-refractivity contribution in [3.05, 3.63) is 35.9 Å². The van der Waals surface area contributed by atoms with E-state index in [1.807, 2.05) is 0 Å². The van der Waals surface area contributed by atoms with Crippen molar-refractivity contribution in [3.8, 4) is 0 Å². The molecule has 0 saturated carbocycles. The van der Waals surface area contributed by atoms with E-state index in [9.17, 15) is 18.3 Å². The molecule has 84 valence electrons. The van der Waals surface area contributed by atoms with Crippen LogP contribution in [0.1, 0.15) is 11.7 Å². The molecule has 0 heterocycles. The Hall–Kier alpha value is -1.07. The number of rotatable bonds is 4. The van der Waals surface area contributed by atoms with Crippen molar-refractivity contribution in [1.29, 1.82) is 0 Å². The van der Waals surface area contributed by atoms with Gasteiger partial charge in [0.15, 0.2) is 0 Å². The normalized spacial score (nSPS) is 13.9. The fraction of sp³-hybridized carbons (Fsp3) is 0.400. The summed E-state index contributed by atoms with van der Waals surface area (Å²) in [6, 6.07) is 8.56. The maximum Gasteiger partial charge on any atom is 0.401 e. The number of halogens is 3. The summed E-state index contributed by atoms with van der Waals surface area (Å²) in [6.45, 7) is -1.19. The Morgan fingerprint density at radius 1 is 1.20 bits per heavy atom. The molecule has 0 radical (unpaired) electrons. The first-order chi connectivity index (χ1) is 6.99. The number of aliphatic hydroxyl groups excluding tert-OH is 1. The highest BCUT2D eigenvalue weighted by Crippen LogP contribution is 2.14. The van der Waals surface area contributed by atoms with Gasteiger partial charge in [0, 0.05) is 6.54 Å². The summed E-state index contributed by atoms with van der Waals surface area (Å²) in [5.74, 6) is 0. The van der Waals surface area contributed by atoms with Crippen LogP contribution >= 0.6 is 0 Å². The Kier molecular flexibility index (Phi) is 4.11. The molecule has 15 heavy (non-hydrogen) atoms. The van der Waals surface area contributed by atoms with Gasteiger partial charge >= 0.3 is 6.18 Å². The van der Waals surface area contributed by atoms with E-state index in [0.29, 0.717) is 5.56 Å². The van der Waals surface area contributed by atoms with Gasteiger partial charge in [-0.25, -0.2) is 0 Å². The molecule has 1 aromatic carbocycles. The van der Waals surface area contributed by atoms with Gasteiger partial charge in [0.1, 0.15) is 0 Å². The maximum absolute atomic E-state index is 11.8. The molecular weight excluding hydrogens is 207 g/mol. The number of alkyl halides is 3. The Morgan fingerprint density at radius 3 is 2.33 bits per heavy atom. The second-order valence-electron chi connectivity index (χ2n) is 3.17. The Labute approximate surface area is 85.7 Å². The van der Waals surface area contributed by atoms with Crippen LogP contribution in [-0.4, -0.2) is 24.4 Å². The number of nitrogens with one attached hydrogen (secondary N) is 1. The first-order valence-corrected chi connectivity index (χ1v) is 4.49. The molecule has 0 unspecified atom stereocenters. The molecule has 1 atom stereocenters. The van der Waals surface area contributed by atoms with Gasteiger partial charge in [-0.05, 0) is 5.56 Å². The zero-order chi connectivity index (χ0) is 11.3. The summed E-state index contributed by atoms with van der Waals surface area (Å²) in [7, 11) is 0. The first kappa shape index (κ1) is 12.0. The van der Waals surface area contributed by atoms with Gasteiger partial charge in [-0.1, -0.05) is 30.3 Å². The van der Waals surface area contributed by atoms with Crippen molar-refractivity contribution in [2.24, 2.45) is 0 Å². The molecule has 2 N–H and O–H groups in total. The molecule has 0 bridgehead atoms. The highest BCUT2D eigenvalue weighted by Gasteiger charge is 2.26. The Morgan fingerprint density at radius 2 is 1.80 bits per heavy atom. The summed E-state index contributed by atoms with van der Waals surface area (Å²) in [5, 5.41) is 11.6. The van der Waals surface area contributed by atoms with Crippen LogP contribution in [0.4, 0.5) is 13.2 Å². The van der Waals surface area contributed by atoms with Crippen molar-refractivity contribution < 1.29 is 18.3 Å². The van der Waals surface area contributed by atoms with E-state index >= 15 is 0 Å². The van der Waals surface area contributed by atoms with Crippen LogP contribution in [0.2, 0.25) is 0 Å².